The van der Waals surface area contributed by atoms with Crippen molar-refractivity contribution >= 4 is 5.96 Å². The number of guanidine groups is 1. The highest BCUT2D eigenvalue weighted by molar-refractivity contribution is 5.79. The first-order chi connectivity index (χ1) is 13.3. The topological polar surface area (TPSA) is 56.0 Å². The van der Waals surface area contributed by atoms with Crippen LogP contribution >= 0.6 is 0 Å². The van der Waals surface area contributed by atoms with Crippen molar-refractivity contribution in [1.29, 1.82) is 0 Å². The van der Waals surface area contributed by atoms with E-state index in [1.54, 1.807) is 6.26 Å². The summed E-state index contributed by atoms with van der Waals surface area (Å²) in [7, 11) is 0. The van der Waals surface area contributed by atoms with Crippen LogP contribution in [-0.2, 0) is 0 Å². The maximum Gasteiger partial charge on any atom is 0.191 e. The van der Waals surface area contributed by atoms with Crippen molar-refractivity contribution in [2.75, 3.05) is 52.4 Å². The number of piperidine rings is 1. The Balaban J connectivity index is 1.59. The molecule has 6 nitrogen and oxygen atoms in total. The van der Waals surface area contributed by atoms with E-state index in [1.807, 2.05) is 6.07 Å². The largest absolute Gasteiger partial charge is 0.468 e. The van der Waals surface area contributed by atoms with E-state index < -0.39 is 0 Å². The Morgan fingerprint density at radius 3 is 2.74 bits per heavy atom. The highest BCUT2D eigenvalue weighted by Crippen LogP contribution is 2.25. The smallest absolute Gasteiger partial charge is 0.191 e. The second-order valence-corrected chi connectivity index (χ2v) is 7.78. The Labute approximate surface area is 164 Å². The van der Waals surface area contributed by atoms with E-state index in [0.717, 1.165) is 56.9 Å². The van der Waals surface area contributed by atoms with Gasteiger partial charge < -0.3 is 20.0 Å². The molecule has 0 bridgehead atoms. The number of nitrogens with zero attached hydrogens (tertiary/aromatic N) is 3. The standard InChI is InChI=1S/C21H37N5O/c1-3-22-21(23-15-18-10-13-25(4-2)17-18)24-16-19(20-9-8-14-27-20)26-11-6-5-7-12-26/h8-9,14,18-19H,3-7,10-13,15-17H2,1-2H3,(H2,22,23,24). The van der Waals surface area contributed by atoms with Gasteiger partial charge in [0.1, 0.15) is 5.76 Å². The van der Waals surface area contributed by atoms with E-state index in [-0.39, 0.29) is 6.04 Å². The summed E-state index contributed by atoms with van der Waals surface area (Å²) >= 11 is 0. The van der Waals surface area contributed by atoms with Crippen molar-refractivity contribution in [1.82, 2.24) is 20.4 Å². The summed E-state index contributed by atoms with van der Waals surface area (Å²) in [5, 5.41) is 6.99. The molecule has 27 heavy (non-hydrogen) atoms. The van der Waals surface area contributed by atoms with Gasteiger partial charge in [-0.25, -0.2) is 0 Å². The van der Waals surface area contributed by atoms with Gasteiger partial charge in [0.25, 0.3) is 0 Å². The maximum atomic E-state index is 5.75. The van der Waals surface area contributed by atoms with Crippen LogP contribution in [0.25, 0.3) is 0 Å². The van der Waals surface area contributed by atoms with Gasteiger partial charge in [-0.3, -0.25) is 9.89 Å². The molecular formula is C21H37N5O. The molecule has 0 aromatic carbocycles. The molecule has 2 unspecified atom stereocenters. The first kappa shape index (κ1) is 20.2. The molecule has 3 heterocycles. The van der Waals surface area contributed by atoms with Gasteiger partial charge in [0, 0.05) is 19.6 Å². The molecule has 0 radical (unpaired) electrons. The van der Waals surface area contributed by atoms with Gasteiger partial charge >= 0.3 is 0 Å². The van der Waals surface area contributed by atoms with Crippen LogP contribution in [-0.4, -0.2) is 68.1 Å². The lowest BCUT2D eigenvalue weighted by Crippen LogP contribution is -2.41. The second-order valence-electron chi connectivity index (χ2n) is 7.78. The molecule has 1 aromatic heterocycles. The summed E-state index contributed by atoms with van der Waals surface area (Å²) < 4.78 is 5.75. The van der Waals surface area contributed by atoms with Gasteiger partial charge in [0.05, 0.1) is 18.8 Å². The van der Waals surface area contributed by atoms with Crippen LogP contribution < -0.4 is 10.6 Å². The summed E-state index contributed by atoms with van der Waals surface area (Å²) in [5.74, 6) is 2.68. The predicted octanol–water partition coefficient (Wildman–Crippen LogP) is 2.70. The van der Waals surface area contributed by atoms with Gasteiger partial charge in [-0.1, -0.05) is 13.3 Å². The average Bonchev–Trinajstić information content (AvgIpc) is 3.39. The van der Waals surface area contributed by atoms with Crippen LogP contribution in [0.2, 0.25) is 0 Å². The third-order valence-corrected chi connectivity index (χ3v) is 5.84. The number of rotatable bonds is 8. The Morgan fingerprint density at radius 1 is 1.22 bits per heavy atom. The van der Waals surface area contributed by atoms with E-state index in [9.17, 15) is 0 Å². The van der Waals surface area contributed by atoms with Crippen molar-refractivity contribution < 1.29 is 4.42 Å². The Bertz CT molecular complexity index is 553. The number of likely N-dealkylation sites (tertiary alicyclic amines) is 2. The minimum Gasteiger partial charge on any atom is -0.468 e. The zero-order valence-electron chi connectivity index (χ0n) is 17.1. The monoisotopic (exact) mass is 375 g/mol. The SMILES string of the molecule is CCNC(=NCC(c1ccco1)N1CCCCC1)NCC1CCN(CC)C1. The lowest BCUT2D eigenvalue weighted by atomic mass is 10.1. The highest BCUT2D eigenvalue weighted by Gasteiger charge is 2.25. The highest BCUT2D eigenvalue weighted by atomic mass is 16.3. The number of nitrogens with one attached hydrogen (secondary N) is 2. The Kier molecular flexibility index (Phi) is 8.02. The summed E-state index contributed by atoms with van der Waals surface area (Å²) in [5.41, 5.74) is 0. The van der Waals surface area contributed by atoms with Crippen LogP contribution in [0.4, 0.5) is 0 Å². The van der Waals surface area contributed by atoms with E-state index in [4.69, 9.17) is 9.41 Å². The molecule has 3 rings (SSSR count). The molecule has 2 aliphatic heterocycles. The maximum absolute atomic E-state index is 5.75. The summed E-state index contributed by atoms with van der Waals surface area (Å²) in [6, 6.07) is 4.31. The fourth-order valence-electron chi connectivity index (χ4n) is 4.22. The normalized spacial score (nSPS) is 23.5. The number of hydrogen-bond acceptors (Lipinski definition) is 4. The molecule has 152 valence electrons. The Hall–Kier alpha value is -1.53. The van der Waals surface area contributed by atoms with E-state index in [0.29, 0.717) is 0 Å². The van der Waals surface area contributed by atoms with Crippen LogP contribution in [0.1, 0.15) is 51.3 Å². The number of furan rings is 1. The zero-order chi connectivity index (χ0) is 18.9. The zero-order valence-corrected chi connectivity index (χ0v) is 17.1. The van der Waals surface area contributed by atoms with Gasteiger partial charge in [-0.15, -0.1) is 0 Å². The molecule has 2 aliphatic rings. The fourth-order valence-corrected chi connectivity index (χ4v) is 4.22. The van der Waals surface area contributed by atoms with Crippen LogP contribution in [0, 0.1) is 5.92 Å². The first-order valence-electron chi connectivity index (χ1n) is 10.8. The fraction of sp³-hybridized carbons (Fsp3) is 0.762. The molecule has 0 amide bonds. The van der Waals surface area contributed by atoms with Crippen molar-refractivity contribution in [3.8, 4) is 0 Å². The Morgan fingerprint density at radius 2 is 2.07 bits per heavy atom. The van der Waals surface area contributed by atoms with Crippen molar-refractivity contribution in [2.45, 2.75) is 45.6 Å². The minimum absolute atomic E-state index is 0.234. The van der Waals surface area contributed by atoms with Crippen LogP contribution in [0.5, 0.6) is 0 Å². The summed E-state index contributed by atoms with van der Waals surface area (Å²) in [6.07, 6.45) is 6.94. The average molecular weight is 376 g/mol. The third-order valence-electron chi connectivity index (χ3n) is 5.84. The van der Waals surface area contributed by atoms with Gasteiger partial charge in [-0.05, 0) is 70.4 Å². The third kappa shape index (κ3) is 5.98. The minimum atomic E-state index is 0.234. The second kappa shape index (κ2) is 10.7. The van der Waals surface area contributed by atoms with Crippen LogP contribution in [0.3, 0.4) is 0 Å². The molecular weight excluding hydrogens is 338 g/mol. The molecule has 2 saturated heterocycles. The first-order valence-corrected chi connectivity index (χ1v) is 10.8. The summed E-state index contributed by atoms with van der Waals surface area (Å²) in [6.45, 7) is 12.8. The van der Waals surface area contributed by atoms with E-state index in [1.165, 1.54) is 38.8 Å². The van der Waals surface area contributed by atoms with Crippen molar-refractivity contribution in [3.05, 3.63) is 24.2 Å². The van der Waals surface area contributed by atoms with Gasteiger partial charge in [-0.2, -0.15) is 0 Å². The quantitative estimate of drug-likeness (QED) is 0.540. The molecule has 6 heteroatoms. The molecule has 0 aliphatic carbocycles. The van der Waals surface area contributed by atoms with Crippen molar-refractivity contribution in [3.63, 3.8) is 0 Å². The molecule has 0 saturated carbocycles. The molecule has 2 fully saturated rings. The van der Waals surface area contributed by atoms with Crippen molar-refractivity contribution in [2.24, 2.45) is 10.9 Å². The van der Waals surface area contributed by atoms with Crippen LogP contribution in [0.15, 0.2) is 27.8 Å². The predicted molar refractivity (Wildman–Crippen MR) is 111 cm³/mol. The lowest BCUT2D eigenvalue weighted by Gasteiger charge is -2.32. The lowest BCUT2D eigenvalue weighted by molar-refractivity contribution is 0.150. The molecule has 0 spiro atoms. The molecule has 1 aromatic rings. The molecule has 2 atom stereocenters. The summed E-state index contributed by atoms with van der Waals surface area (Å²) in [4.78, 5) is 9.98. The number of aliphatic imine (C=N–C) groups is 1. The van der Waals surface area contributed by atoms with Gasteiger partial charge in [0.2, 0.25) is 0 Å². The molecule has 2 N–H and O–H groups in total. The van der Waals surface area contributed by atoms with E-state index >= 15 is 0 Å². The van der Waals surface area contributed by atoms with E-state index in [2.05, 4.69) is 40.3 Å². The number of hydrogen-bond donors (Lipinski definition) is 2. The van der Waals surface area contributed by atoms with Gasteiger partial charge in [0.15, 0.2) is 5.96 Å².